The van der Waals surface area contributed by atoms with E-state index in [9.17, 15) is 4.79 Å². The number of hydrogen-bond donors (Lipinski definition) is 1. The minimum Gasteiger partial charge on any atom is -0.469 e. The summed E-state index contributed by atoms with van der Waals surface area (Å²) in [4.78, 5) is 11.4. The largest absolute Gasteiger partial charge is 0.469 e. The van der Waals surface area contributed by atoms with Gasteiger partial charge in [0.15, 0.2) is 0 Å². The average Bonchev–Trinajstić information content (AvgIpc) is 2.22. The van der Waals surface area contributed by atoms with Crippen molar-refractivity contribution in [2.75, 3.05) is 27.4 Å². The number of rotatable bonds is 7. The van der Waals surface area contributed by atoms with Gasteiger partial charge in [-0.3, -0.25) is 4.79 Å². The highest BCUT2D eigenvalue weighted by Gasteiger charge is 2.28. The SMILES string of the molecule is COCCC(C)NCC(C)(C)C(=O)OC. The molecule has 0 saturated heterocycles. The van der Waals surface area contributed by atoms with Crippen LogP contribution in [0.25, 0.3) is 0 Å². The lowest BCUT2D eigenvalue weighted by molar-refractivity contribution is -0.150. The van der Waals surface area contributed by atoms with E-state index in [2.05, 4.69) is 12.2 Å². The lowest BCUT2D eigenvalue weighted by atomic mass is 9.93. The Balaban J connectivity index is 3.87. The number of esters is 1. The molecule has 0 aromatic carbocycles. The van der Waals surface area contributed by atoms with Gasteiger partial charge in [-0.25, -0.2) is 0 Å². The van der Waals surface area contributed by atoms with Crippen LogP contribution < -0.4 is 5.32 Å². The minimum absolute atomic E-state index is 0.186. The Labute approximate surface area is 92.3 Å². The van der Waals surface area contributed by atoms with Gasteiger partial charge >= 0.3 is 5.97 Å². The maximum absolute atomic E-state index is 11.4. The lowest BCUT2D eigenvalue weighted by Gasteiger charge is -2.24. The summed E-state index contributed by atoms with van der Waals surface area (Å²) in [7, 11) is 3.10. The molecule has 0 saturated carbocycles. The van der Waals surface area contributed by atoms with Gasteiger partial charge in [0.2, 0.25) is 0 Å². The van der Waals surface area contributed by atoms with Crippen molar-refractivity contribution in [1.29, 1.82) is 0 Å². The summed E-state index contributed by atoms with van der Waals surface area (Å²) >= 11 is 0. The first kappa shape index (κ1) is 14.4. The first-order valence-electron chi connectivity index (χ1n) is 5.24. The highest BCUT2D eigenvalue weighted by molar-refractivity contribution is 5.76. The van der Waals surface area contributed by atoms with Crippen LogP contribution in [0.4, 0.5) is 0 Å². The number of nitrogens with one attached hydrogen (secondary N) is 1. The first-order chi connectivity index (χ1) is 6.94. The molecule has 1 atom stereocenters. The van der Waals surface area contributed by atoms with Crippen LogP contribution in [0.15, 0.2) is 0 Å². The highest BCUT2D eigenvalue weighted by atomic mass is 16.5. The molecule has 0 aromatic rings. The molecule has 0 heterocycles. The molecule has 0 fully saturated rings. The molecule has 0 spiro atoms. The maximum Gasteiger partial charge on any atom is 0.312 e. The third kappa shape index (κ3) is 5.74. The van der Waals surface area contributed by atoms with Crippen molar-refractivity contribution in [3.05, 3.63) is 0 Å². The van der Waals surface area contributed by atoms with E-state index in [1.807, 2.05) is 13.8 Å². The van der Waals surface area contributed by atoms with Crippen LogP contribution in [0, 0.1) is 5.41 Å². The Kier molecular flexibility index (Phi) is 6.52. The molecule has 4 heteroatoms. The molecule has 0 rings (SSSR count). The van der Waals surface area contributed by atoms with E-state index in [4.69, 9.17) is 9.47 Å². The second-order valence-electron chi connectivity index (χ2n) is 4.44. The molecule has 0 aliphatic rings. The van der Waals surface area contributed by atoms with Gasteiger partial charge in [-0.1, -0.05) is 0 Å². The molecule has 0 aliphatic carbocycles. The third-order valence-corrected chi connectivity index (χ3v) is 2.39. The number of carbonyl (C=O) groups is 1. The summed E-state index contributed by atoms with van der Waals surface area (Å²) in [6.07, 6.45) is 0.938. The van der Waals surface area contributed by atoms with E-state index in [1.165, 1.54) is 7.11 Å². The average molecular weight is 217 g/mol. The zero-order valence-corrected chi connectivity index (χ0v) is 10.4. The van der Waals surface area contributed by atoms with Gasteiger partial charge in [0.25, 0.3) is 0 Å². The zero-order valence-electron chi connectivity index (χ0n) is 10.4. The molecule has 90 valence electrons. The molecule has 0 radical (unpaired) electrons. The van der Waals surface area contributed by atoms with Crippen molar-refractivity contribution in [2.45, 2.75) is 33.2 Å². The normalized spacial score (nSPS) is 13.7. The van der Waals surface area contributed by atoms with Crippen molar-refractivity contribution in [3.8, 4) is 0 Å². The van der Waals surface area contributed by atoms with Crippen molar-refractivity contribution in [1.82, 2.24) is 5.32 Å². The number of methoxy groups -OCH3 is 2. The Hall–Kier alpha value is -0.610. The van der Waals surface area contributed by atoms with Gasteiger partial charge in [0, 0.05) is 26.3 Å². The minimum atomic E-state index is -0.476. The van der Waals surface area contributed by atoms with E-state index in [0.717, 1.165) is 13.0 Å². The Morgan fingerprint density at radius 1 is 1.40 bits per heavy atom. The third-order valence-electron chi connectivity index (χ3n) is 2.39. The molecule has 0 amide bonds. The Morgan fingerprint density at radius 2 is 2.00 bits per heavy atom. The van der Waals surface area contributed by atoms with Crippen molar-refractivity contribution in [2.24, 2.45) is 5.41 Å². The number of hydrogen-bond acceptors (Lipinski definition) is 4. The van der Waals surface area contributed by atoms with Crippen LogP contribution in [-0.2, 0) is 14.3 Å². The molecular formula is C11H23NO3. The van der Waals surface area contributed by atoms with E-state index >= 15 is 0 Å². The zero-order chi connectivity index (χ0) is 11.9. The van der Waals surface area contributed by atoms with Gasteiger partial charge < -0.3 is 14.8 Å². The summed E-state index contributed by atoms with van der Waals surface area (Å²) in [5.41, 5.74) is -0.476. The smallest absolute Gasteiger partial charge is 0.312 e. The molecule has 1 N–H and O–H groups in total. The van der Waals surface area contributed by atoms with Crippen LogP contribution >= 0.6 is 0 Å². The second-order valence-corrected chi connectivity index (χ2v) is 4.44. The summed E-state index contributed by atoms with van der Waals surface area (Å²) in [6, 6.07) is 0.342. The maximum atomic E-state index is 11.4. The number of carbonyl (C=O) groups excluding carboxylic acids is 1. The predicted octanol–water partition coefficient (Wildman–Crippen LogP) is 1.20. The van der Waals surface area contributed by atoms with Crippen LogP contribution in [0.5, 0.6) is 0 Å². The van der Waals surface area contributed by atoms with Crippen LogP contribution in [0.3, 0.4) is 0 Å². The Bertz CT molecular complexity index is 192. The monoisotopic (exact) mass is 217 g/mol. The molecular weight excluding hydrogens is 194 g/mol. The molecule has 0 bridgehead atoms. The molecule has 1 unspecified atom stereocenters. The van der Waals surface area contributed by atoms with Crippen LogP contribution in [0.1, 0.15) is 27.2 Å². The van der Waals surface area contributed by atoms with E-state index in [0.29, 0.717) is 12.6 Å². The van der Waals surface area contributed by atoms with Crippen molar-refractivity contribution >= 4 is 5.97 Å². The summed E-state index contributed by atoms with van der Waals surface area (Å²) in [5.74, 6) is -0.186. The molecule has 0 aromatic heterocycles. The molecule has 15 heavy (non-hydrogen) atoms. The fourth-order valence-electron chi connectivity index (χ4n) is 1.17. The van der Waals surface area contributed by atoms with E-state index < -0.39 is 5.41 Å². The van der Waals surface area contributed by atoms with Crippen molar-refractivity contribution in [3.63, 3.8) is 0 Å². The van der Waals surface area contributed by atoms with Gasteiger partial charge in [-0.15, -0.1) is 0 Å². The van der Waals surface area contributed by atoms with Crippen LogP contribution in [0.2, 0.25) is 0 Å². The van der Waals surface area contributed by atoms with Gasteiger partial charge in [0.05, 0.1) is 12.5 Å². The summed E-state index contributed by atoms with van der Waals surface area (Å²) in [6.45, 7) is 7.16. The van der Waals surface area contributed by atoms with E-state index in [1.54, 1.807) is 7.11 Å². The summed E-state index contributed by atoms with van der Waals surface area (Å²) in [5, 5.41) is 3.29. The lowest BCUT2D eigenvalue weighted by Crippen LogP contribution is -2.40. The summed E-state index contributed by atoms with van der Waals surface area (Å²) < 4.78 is 9.71. The molecule has 4 nitrogen and oxygen atoms in total. The molecule has 0 aliphatic heterocycles. The first-order valence-corrected chi connectivity index (χ1v) is 5.24. The number of ether oxygens (including phenoxy) is 2. The topological polar surface area (TPSA) is 47.6 Å². The second kappa shape index (κ2) is 6.80. The quantitative estimate of drug-likeness (QED) is 0.651. The van der Waals surface area contributed by atoms with E-state index in [-0.39, 0.29) is 5.97 Å². The van der Waals surface area contributed by atoms with Crippen LogP contribution in [-0.4, -0.2) is 39.4 Å². The van der Waals surface area contributed by atoms with Crippen molar-refractivity contribution < 1.29 is 14.3 Å². The highest BCUT2D eigenvalue weighted by Crippen LogP contribution is 2.15. The standard InChI is InChI=1S/C11H23NO3/c1-9(6-7-14-4)12-8-11(2,3)10(13)15-5/h9,12H,6-8H2,1-5H3. The fraction of sp³-hybridized carbons (Fsp3) is 0.909. The predicted molar refractivity (Wildman–Crippen MR) is 59.8 cm³/mol. The van der Waals surface area contributed by atoms with Gasteiger partial charge in [-0.05, 0) is 27.2 Å². The fourth-order valence-corrected chi connectivity index (χ4v) is 1.17. The van der Waals surface area contributed by atoms with Gasteiger partial charge in [0.1, 0.15) is 0 Å². The Morgan fingerprint density at radius 3 is 2.47 bits per heavy atom. The van der Waals surface area contributed by atoms with Gasteiger partial charge in [-0.2, -0.15) is 0 Å².